The molecule has 1 heterocycles. The molecule has 1 aromatic carbocycles. The number of nitrogens with two attached hydrogens (primary N) is 1. The standard InChI is InChI=1S/C13H16N2/c1-2-3-7-15-8-6-12-5-4-11(10-14)9-13(12)15/h2,4-6,8-9H,1,3,7,10,14H2. The van der Waals surface area contributed by atoms with Gasteiger partial charge >= 0.3 is 0 Å². The van der Waals surface area contributed by atoms with E-state index in [-0.39, 0.29) is 0 Å². The fraction of sp³-hybridized carbons (Fsp3) is 0.231. The van der Waals surface area contributed by atoms with Gasteiger partial charge in [0.1, 0.15) is 0 Å². The number of rotatable bonds is 4. The highest BCUT2D eigenvalue weighted by atomic mass is 14.9. The average Bonchev–Trinajstić information content (AvgIpc) is 2.68. The SMILES string of the molecule is C=CCCn1ccc2ccc(CN)cc21. The van der Waals surface area contributed by atoms with Gasteiger partial charge in [0.15, 0.2) is 0 Å². The van der Waals surface area contributed by atoms with Crippen LogP contribution in [0, 0.1) is 0 Å². The molecule has 2 heteroatoms. The van der Waals surface area contributed by atoms with E-state index in [1.807, 2.05) is 6.08 Å². The monoisotopic (exact) mass is 200 g/mol. The zero-order valence-electron chi connectivity index (χ0n) is 8.82. The molecule has 78 valence electrons. The predicted octanol–water partition coefficient (Wildman–Crippen LogP) is 2.68. The average molecular weight is 200 g/mol. The Balaban J connectivity index is 2.41. The lowest BCUT2D eigenvalue weighted by Crippen LogP contribution is -1.98. The minimum absolute atomic E-state index is 0.600. The molecule has 0 saturated heterocycles. The highest BCUT2D eigenvalue weighted by Crippen LogP contribution is 2.17. The third-order valence-electron chi connectivity index (χ3n) is 2.65. The van der Waals surface area contributed by atoms with Crippen molar-refractivity contribution in [1.82, 2.24) is 4.57 Å². The second-order valence-corrected chi connectivity index (χ2v) is 3.68. The molecule has 0 bridgehead atoms. The number of nitrogens with zero attached hydrogens (tertiary/aromatic N) is 1. The number of allylic oxidation sites excluding steroid dienone is 1. The molecule has 0 aliphatic rings. The van der Waals surface area contributed by atoms with Gasteiger partial charge in [-0.3, -0.25) is 0 Å². The summed E-state index contributed by atoms with van der Waals surface area (Å²) < 4.78 is 2.25. The van der Waals surface area contributed by atoms with Crippen LogP contribution in [-0.2, 0) is 13.1 Å². The van der Waals surface area contributed by atoms with Crippen LogP contribution in [0.4, 0.5) is 0 Å². The molecule has 2 nitrogen and oxygen atoms in total. The largest absolute Gasteiger partial charge is 0.347 e. The number of aromatic nitrogens is 1. The molecular formula is C13H16N2. The summed E-state index contributed by atoms with van der Waals surface area (Å²) in [5.41, 5.74) is 8.08. The first kappa shape index (κ1) is 9.99. The molecule has 0 radical (unpaired) electrons. The van der Waals surface area contributed by atoms with Crippen LogP contribution in [0.3, 0.4) is 0 Å². The first-order chi connectivity index (χ1) is 7.35. The van der Waals surface area contributed by atoms with E-state index < -0.39 is 0 Å². The van der Waals surface area contributed by atoms with Crippen LogP contribution in [0.25, 0.3) is 10.9 Å². The molecule has 0 fully saturated rings. The van der Waals surface area contributed by atoms with Gasteiger partial charge < -0.3 is 10.3 Å². The molecule has 0 saturated carbocycles. The Bertz CT molecular complexity index is 468. The van der Waals surface area contributed by atoms with Crippen molar-refractivity contribution in [3.63, 3.8) is 0 Å². The van der Waals surface area contributed by atoms with Crippen LogP contribution < -0.4 is 5.73 Å². The van der Waals surface area contributed by atoms with E-state index in [0.717, 1.165) is 13.0 Å². The number of hydrogen-bond acceptors (Lipinski definition) is 1. The van der Waals surface area contributed by atoms with Gasteiger partial charge in [-0.15, -0.1) is 6.58 Å². The molecule has 0 unspecified atom stereocenters. The summed E-state index contributed by atoms with van der Waals surface area (Å²) in [5, 5.41) is 1.27. The van der Waals surface area contributed by atoms with Crippen molar-refractivity contribution in [2.24, 2.45) is 5.73 Å². The summed E-state index contributed by atoms with van der Waals surface area (Å²) in [7, 11) is 0. The van der Waals surface area contributed by atoms with Gasteiger partial charge in [0.25, 0.3) is 0 Å². The summed E-state index contributed by atoms with van der Waals surface area (Å²) in [4.78, 5) is 0. The minimum atomic E-state index is 0.600. The first-order valence-electron chi connectivity index (χ1n) is 5.24. The van der Waals surface area contributed by atoms with Crippen molar-refractivity contribution in [1.29, 1.82) is 0 Å². The lowest BCUT2D eigenvalue weighted by Gasteiger charge is -2.04. The van der Waals surface area contributed by atoms with Crippen molar-refractivity contribution in [2.75, 3.05) is 0 Å². The molecule has 15 heavy (non-hydrogen) atoms. The maximum atomic E-state index is 5.63. The maximum absolute atomic E-state index is 5.63. The molecule has 0 amide bonds. The van der Waals surface area contributed by atoms with Gasteiger partial charge in [0, 0.05) is 24.8 Å². The fourth-order valence-corrected chi connectivity index (χ4v) is 1.78. The number of aryl methyl sites for hydroxylation is 1. The Morgan fingerprint density at radius 2 is 2.20 bits per heavy atom. The number of benzene rings is 1. The highest BCUT2D eigenvalue weighted by molar-refractivity contribution is 5.80. The summed E-state index contributed by atoms with van der Waals surface area (Å²) in [6, 6.07) is 8.51. The van der Waals surface area contributed by atoms with E-state index in [1.54, 1.807) is 0 Å². The summed E-state index contributed by atoms with van der Waals surface area (Å²) >= 11 is 0. The molecule has 2 N–H and O–H groups in total. The van der Waals surface area contributed by atoms with Crippen LogP contribution in [0.5, 0.6) is 0 Å². The van der Waals surface area contributed by atoms with Gasteiger partial charge in [-0.25, -0.2) is 0 Å². The Hall–Kier alpha value is -1.54. The Labute approximate surface area is 90.0 Å². The van der Waals surface area contributed by atoms with Crippen LogP contribution in [0.15, 0.2) is 43.1 Å². The predicted molar refractivity (Wildman–Crippen MR) is 64.6 cm³/mol. The third kappa shape index (κ3) is 1.95. The molecule has 0 aliphatic carbocycles. The fourth-order valence-electron chi connectivity index (χ4n) is 1.78. The van der Waals surface area contributed by atoms with Crippen molar-refractivity contribution >= 4 is 10.9 Å². The number of hydrogen-bond donors (Lipinski definition) is 1. The van der Waals surface area contributed by atoms with E-state index in [9.17, 15) is 0 Å². The summed E-state index contributed by atoms with van der Waals surface area (Å²) in [6.07, 6.45) is 5.06. The zero-order valence-corrected chi connectivity index (χ0v) is 8.82. The molecule has 0 atom stereocenters. The van der Waals surface area contributed by atoms with E-state index in [2.05, 4.69) is 41.6 Å². The molecular weight excluding hydrogens is 184 g/mol. The smallest absolute Gasteiger partial charge is 0.0483 e. The van der Waals surface area contributed by atoms with Gasteiger partial charge in [-0.1, -0.05) is 18.2 Å². The molecule has 1 aromatic heterocycles. The van der Waals surface area contributed by atoms with Crippen molar-refractivity contribution < 1.29 is 0 Å². The van der Waals surface area contributed by atoms with E-state index in [1.165, 1.54) is 16.5 Å². The van der Waals surface area contributed by atoms with Crippen LogP contribution in [0.2, 0.25) is 0 Å². The normalized spacial score (nSPS) is 10.7. The van der Waals surface area contributed by atoms with Crippen molar-refractivity contribution in [2.45, 2.75) is 19.5 Å². The van der Waals surface area contributed by atoms with Crippen LogP contribution >= 0.6 is 0 Å². The zero-order chi connectivity index (χ0) is 10.7. The maximum Gasteiger partial charge on any atom is 0.0483 e. The molecule has 2 aromatic rings. The van der Waals surface area contributed by atoms with Gasteiger partial charge in [-0.2, -0.15) is 0 Å². The Kier molecular flexibility index (Phi) is 2.88. The van der Waals surface area contributed by atoms with Crippen molar-refractivity contribution in [3.05, 3.63) is 48.7 Å². The minimum Gasteiger partial charge on any atom is -0.347 e. The lowest BCUT2D eigenvalue weighted by molar-refractivity contribution is 0.738. The van der Waals surface area contributed by atoms with E-state index >= 15 is 0 Å². The topological polar surface area (TPSA) is 30.9 Å². The summed E-state index contributed by atoms with van der Waals surface area (Å²) in [5.74, 6) is 0. The Morgan fingerprint density at radius 3 is 2.93 bits per heavy atom. The second-order valence-electron chi connectivity index (χ2n) is 3.68. The summed E-state index contributed by atoms with van der Waals surface area (Å²) in [6.45, 7) is 5.33. The Morgan fingerprint density at radius 1 is 1.33 bits per heavy atom. The molecule has 2 rings (SSSR count). The van der Waals surface area contributed by atoms with Crippen LogP contribution in [-0.4, -0.2) is 4.57 Å². The van der Waals surface area contributed by atoms with Crippen LogP contribution in [0.1, 0.15) is 12.0 Å². The highest BCUT2D eigenvalue weighted by Gasteiger charge is 2.00. The third-order valence-corrected chi connectivity index (χ3v) is 2.65. The first-order valence-corrected chi connectivity index (χ1v) is 5.24. The second kappa shape index (κ2) is 4.32. The molecule has 0 spiro atoms. The van der Waals surface area contributed by atoms with Gasteiger partial charge in [0.05, 0.1) is 0 Å². The van der Waals surface area contributed by atoms with Gasteiger partial charge in [0.2, 0.25) is 0 Å². The lowest BCUT2D eigenvalue weighted by atomic mass is 10.1. The van der Waals surface area contributed by atoms with E-state index in [4.69, 9.17) is 5.73 Å². The molecule has 0 aliphatic heterocycles. The van der Waals surface area contributed by atoms with Gasteiger partial charge in [-0.05, 0) is 29.5 Å². The van der Waals surface area contributed by atoms with E-state index in [0.29, 0.717) is 6.54 Å². The van der Waals surface area contributed by atoms with Crippen molar-refractivity contribution in [3.8, 4) is 0 Å². The number of fused-ring (bicyclic) bond motifs is 1. The quantitative estimate of drug-likeness (QED) is 0.756.